The Morgan fingerprint density at radius 1 is 0.508 bits per heavy atom. The fourth-order valence-corrected chi connectivity index (χ4v) is 9.87. The lowest BCUT2D eigenvalue weighted by molar-refractivity contribution is -0.220. The summed E-state index contributed by atoms with van der Waals surface area (Å²) in [4.78, 5) is 23.5. The summed E-state index contributed by atoms with van der Waals surface area (Å²) in [5, 5.41) is 64.2. The third kappa shape index (κ3) is 33.3. The second kappa shape index (κ2) is 42.0. The highest BCUT2D eigenvalue weighted by atomic mass is 31.2. The fourth-order valence-electron chi connectivity index (χ4n) is 8.91. The molecule has 65 heavy (non-hydrogen) atoms. The number of rotatable bonds is 46. The van der Waals surface area contributed by atoms with Gasteiger partial charge in [0.25, 0.3) is 0 Å². The summed E-state index contributed by atoms with van der Waals surface area (Å²) in [5.41, 5.74) is 0. The van der Waals surface area contributed by atoms with E-state index in [1.807, 2.05) is 6.08 Å². The molecule has 1 saturated carbocycles. The van der Waals surface area contributed by atoms with Crippen molar-refractivity contribution in [3.8, 4) is 0 Å². The Labute approximate surface area is 397 Å². The maximum absolute atomic E-state index is 13.0. The number of hydrogen-bond acceptors (Lipinski definition) is 10. The topological polar surface area (TPSA) is 206 Å². The van der Waals surface area contributed by atoms with Crippen LogP contribution in [0, 0.1) is 0 Å². The van der Waals surface area contributed by atoms with Gasteiger partial charge in [-0.1, -0.05) is 244 Å². The quantitative estimate of drug-likeness (QED) is 0.0164. The van der Waals surface area contributed by atoms with E-state index < -0.39 is 63.2 Å². The maximum atomic E-state index is 13.0. The molecular formula is C52H102NO11P. The molecule has 0 bridgehead atoms. The van der Waals surface area contributed by atoms with Crippen molar-refractivity contribution >= 4 is 13.7 Å². The van der Waals surface area contributed by atoms with Gasteiger partial charge < -0.3 is 40.8 Å². The SMILES string of the molecule is CCCCCCCCCCCCCCC/C=C/[C@@H](O)[C@H](COP(=O)(O)OC1C(O)C(O)C(O)[C@@H](O)C1O)NC(=O)CCCCCCCCCCCCCCCCCCCCCCCCC. The Kier molecular flexibility index (Phi) is 40.1. The van der Waals surface area contributed by atoms with Crippen molar-refractivity contribution in [1.29, 1.82) is 0 Å². The molecule has 6 unspecified atom stereocenters. The number of unbranched alkanes of at least 4 members (excludes halogenated alkanes) is 35. The lowest BCUT2D eigenvalue weighted by Crippen LogP contribution is -2.64. The average Bonchev–Trinajstić information content (AvgIpc) is 3.29. The highest BCUT2D eigenvalue weighted by Gasteiger charge is 2.51. The van der Waals surface area contributed by atoms with Crippen LogP contribution >= 0.6 is 7.82 Å². The number of aliphatic hydroxyl groups excluding tert-OH is 6. The summed E-state index contributed by atoms with van der Waals surface area (Å²) >= 11 is 0. The van der Waals surface area contributed by atoms with Crippen molar-refractivity contribution in [2.24, 2.45) is 0 Å². The lowest BCUT2D eigenvalue weighted by atomic mass is 9.85. The zero-order chi connectivity index (χ0) is 47.8. The Morgan fingerprint density at radius 2 is 0.815 bits per heavy atom. The number of phosphoric ester groups is 1. The first kappa shape index (κ1) is 62.1. The molecule has 13 heteroatoms. The predicted molar refractivity (Wildman–Crippen MR) is 265 cm³/mol. The van der Waals surface area contributed by atoms with Crippen LogP contribution in [0.1, 0.15) is 258 Å². The first-order valence-electron chi connectivity index (χ1n) is 27.1. The van der Waals surface area contributed by atoms with E-state index in [1.54, 1.807) is 6.08 Å². The minimum atomic E-state index is -5.08. The normalized spacial score (nSPS) is 22.0. The van der Waals surface area contributed by atoms with E-state index in [4.69, 9.17) is 9.05 Å². The van der Waals surface area contributed by atoms with E-state index in [1.165, 1.54) is 186 Å². The Balaban J connectivity index is 2.36. The molecule has 0 heterocycles. The number of amides is 1. The summed E-state index contributed by atoms with van der Waals surface area (Å²) in [6.07, 6.45) is 37.1. The van der Waals surface area contributed by atoms with Gasteiger partial charge >= 0.3 is 7.82 Å². The number of phosphoric acid groups is 1. The molecule has 12 nitrogen and oxygen atoms in total. The molecule has 0 aromatic rings. The van der Waals surface area contributed by atoms with E-state index in [0.717, 1.165) is 44.9 Å². The minimum absolute atomic E-state index is 0.219. The lowest BCUT2D eigenvalue weighted by Gasteiger charge is -2.41. The largest absolute Gasteiger partial charge is 0.472 e. The van der Waals surface area contributed by atoms with Gasteiger partial charge in [0, 0.05) is 6.42 Å². The monoisotopic (exact) mass is 948 g/mol. The Hall–Kier alpha value is -0.920. The third-order valence-electron chi connectivity index (χ3n) is 13.3. The van der Waals surface area contributed by atoms with Crippen molar-refractivity contribution in [2.45, 2.75) is 307 Å². The highest BCUT2D eigenvalue weighted by molar-refractivity contribution is 7.47. The molecule has 0 aliphatic heterocycles. The van der Waals surface area contributed by atoms with Gasteiger partial charge in [0.05, 0.1) is 18.8 Å². The zero-order valence-corrected chi connectivity index (χ0v) is 42.5. The molecule has 1 aliphatic rings. The van der Waals surface area contributed by atoms with Crippen LogP contribution in [-0.2, 0) is 18.4 Å². The van der Waals surface area contributed by atoms with E-state index in [0.29, 0.717) is 6.42 Å². The van der Waals surface area contributed by atoms with Crippen LogP contribution in [0.2, 0.25) is 0 Å². The van der Waals surface area contributed by atoms with Crippen LogP contribution in [0.3, 0.4) is 0 Å². The van der Waals surface area contributed by atoms with E-state index in [9.17, 15) is 44.9 Å². The van der Waals surface area contributed by atoms with Crippen LogP contribution in [0.15, 0.2) is 12.2 Å². The van der Waals surface area contributed by atoms with Gasteiger partial charge in [0.15, 0.2) is 0 Å². The average molecular weight is 948 g/mol. The molecule has 386 valence electrons. The molecule has 0 aromatic heterocycles. The number of aliphatic hydroxyl groups is 6. The fraction of sp³-hybridized carbons (Fsp3) is 0.942. The molecular weight excluding hydrogens is 846 g/mol. The van der Waals surface area contributed by atoms with Crippen molar-refractivity contribution in [3.63, 3.8) is 0 Å². The molecule has 9 atom stereocenters. The predicted octanol–water partition coefficient (Wildman–Crippen LogP) is 11.6. The molecule has 1 fully saturated rings. The van der Waals surface area contributed by atoms with E-state index in [-0.39, 0.29) is 12.3 Å². The summed E-state index contributed by atoms with van der Waals surface area (Å²) in [6, 6.07) is -1.11. The summed E-state index contributed by atoms with van der Waals surface area (Å²) in [7, 11) is -5.08. The van der Waals surface area contributed by atoms with Gasteiger partial charge in [-0.2, -0.15) is 0 Å². The summed E-state index contributed by atoms with van der Waals surface area (Å²) in [6.45, 7) is 3.88. The van der Waals surface area contributed by atoms with Gasteiger partial charge in [0.1, 0.15) is 36.6 Å². The molecule has 0 aromatic carbocycles. The number of carbonyl (C=O) groups excluding carboxylic acids is 1. The van der Waals surface area contributed by atoms with Crippen LogP contribution in [0.4, 0.5) is 0 Å². The number of nitrogens with one attached hydrogen (secondary N) is 1. The molecule has 0 spiro atoms. The zero-order valence-electron chi connectivity index (χ0n) is 41.6. The van der Waals surface area contributed by atoms with Gasteiger partial charge in [-0.25, -0.2) is 4.57 Å². The standard InChI is InChI=1S/C52H102NO11P/c1-3-5-7-9-11-13-15-17-19-20-21-22-23-24-25-26-28-30-32-34-36-38-40-42-46(55)53-44(43-63-65(61,62)64-52-50(59)48(57)47(56)49(58)51(52)60)45(54)41-39-37-35-33-31-29-27-18-16-14-12-10-8-6-4-2/h39,41,44-45,47-52,54,56-60H,3-38,40,42-43H2,1-2H3,(H,53,55)(H,61,62)/b41-39+/t44-,45+,47?,48+,49?,50?,51?,52?/m0/s1. The van der Waals surface area contributed by atoms with Crippen molar-refractivity contribution < 1.29 is 53.9 Å². The summed E-state index contributed by atoms with van der Waals surface area (Å²) < 4.78 is 23.0. The van der Waals surface area contributed by atoms with Crippen molar-refractivity contribution in [1.82, 2.24) is 5.32 Å². The highest BCUT2D eigenvalue weighted by Crippen LogP contribution is 2.47. The number of hydrogen-bond donors (Lipinski definition) is 8. The first-order chi connectivity index (χ1) is 31.4. The third-order valence-corrected chi connectivity index (χ3v) is 14.3. The van der Waals surface area contributed by atoms with Gasteiger partial charge in [-0.3, -0.25) is 13.8 Å². The summed E-state index contributed by atoms with van der Waals surface area (Å²) in [5.74, 6) is -0.335. The minimum Gasteiger partial charge on any atom is -0.387 e. The van der Waals surface area contributed by atoms with E-state index in [2.05, 4.69) is 19.2 Å². The van der Waals surface area contributed by atoms with Crippen LogP contribution in [-0.4, -0.2) is 96.8 Å². The van der Waals surface area contributed by atoms with Gasteiger partial charge in [0.2, 0.25) is 5.91 Å². The Morgan fingerprint density at radius 3 is 1.17 bits per heavy atom. The smallest absolute Gasteiger partial charge is 0.387 e. The molecule has 1 rings (SSSR count). The van der Waals surface area contributed by atoms with Crippen LogP contribution < -0.4 is 5.32 Å². The maximum Gasteiger partial charge on any atom is 0.472 e. The van der Waals surface area contributed by atoms with Crippen molar-refractivity contribution in [3.05, 3.63) is 12.2 Å². The van der Waals surface area contributed by atoms with Crippen LogP contribution in [0.5, 0.6) is 0 Å². The van der Waals surface area contributed by atoms with Crippen molar-refractivity contribution in [2.75, 3.05) is 6.61 Å². The Bertz CT molecular complexity index is 1150. The second-order valence-corrected chi connectivity index (χ2v) is 20.8. The van der Waals surface area contributed by atoms with E-state index >= 15 is 0 Å². The second-order valence-electron chi connectivity index (χ2n) is 19.4. The molecule has 0 saturated heterocycles. The number of allylic oxidation sites excluding steroid dienone is 1. The number of carbonyl (C=O) groups is 1. The van der Waals surface area contributed by atoms with Gasteiger partial charge in [-0.05, 0) is 19.3 Å². The molecule has 8 N–H and O–H groups in total. The molecule has 1 aliphatic carbocycles. The first-order valence-corrected chi connectivity index (χ1v) is 28.6. The van der Waals surface area contributed by atoms with Crippen LogP contribution in [0.25, 0.3) is 0 Å². The van der Waals surface area contributed by atoms with Gasteiger partial charge in [-0.15, -0.1) is 0 Å². The molecule has 1 amide bonds. The molecule has 0 radical (unpaired) electrons.